The van der Waals surface area contributed by atoms with Gasteiger partial charge < -0.3 is 9.72 Å². The number of ether oxygens (including phenoxy) is 1. The first-order valence-corrected chi connectivity index (χ1v) is 9.06. The first-order chi connectivity index (χ1) is 11.3. The fraction of sp³-hybridized carbons (Fsp3) is 0.471. The summed E-state index contributed by atoms with van der Waals surface area (Å²) in [6.45, 7) is 3.22. The highest BCUT2D eigenvalue weighted by atomic mass is 32.2. The molecule has 1 saturated heterocycles. The summed E-state index contributed by atoms with van der Waals surface area (Å²) >= 11 is 1.59. The number of imidazole rings is 1. The van der Waals surface area contributed by atoms with Gasteiger partial charge in [-0.3, -0.25) is 9.62 Å². The van der Waals surface area contributed by atoms with Gasteiger partial charge in [0.15, 0.2) is 5.16 Å². The Labute approximate surface area is 141 Å². The SMILES string of the molecule is c1c[nH]c(SNC2CCN(Cc3ccc(OC4CC4)cc3)C2)n1. The maximum absolute atomic E-state index is 5.80. The van der Waals surface area contributed by atoms with E-state index in [1.807, 2.05) is 6.20 Å². The molecule has 2 N–H and O–H groups in total. The van der Waals surface area contributed by atoms with E-state index in [1.165, 1.54) is 24.8 Å². The Morgan fingerprint density at radius 1 is 1.26 bits per heavy atom. The minimum atomic E-state index is 0.470. The van der Waals surface area contributed by atoms with Gasteiger partial charge >= 0.3 is 0 Å². The zero-order chi connectivity index (χ0) is 15.5. The maximum atomic E-state index is 5.80. The fourth-order valence-electron chi connectivity index (χ4n) is 2.83. The first kappa shape index (κ1) is 15.1. The maximum Gasteiger partial charge on any atom is 0.180 e. The van der Waals surface area contributed by atoms with Gasteiger partial charge in [0.2, 0.25) is 0 Å². The van der Waals surface area contributed by atoms with E-state index in [2.05, 4.69) is 43.9 Å². The van der Waals surface area contributed by atoms with Crippen molar-refractivity contribution < 1.29 is 4.74 Å². The number of rotatable bonds is 7. The summed E-state index contributed by atoms with van der Waals surface area (Å²) in [7, 11) is 0. The highest BCUT2D eigenvalue weighted by molar-refractivity contribution is 7.97. The third-order valence-electron chi connectivity index (χ3n) is 4.22. The van der Waals surface area contributed by atoms with Gasteiger partial charge in [0.05, 0.1) is 6.10 Å². The number of hydrogen-bond acceptors (Lipinski definition) is 5. The minimum Gasteiger partial charge on any atom is -0.490 e. The van der Waals surface area contributed by atoms with Gasteiger partial charge in [-0.1, -0.05) is 12.1 Å². The van der Waals surface area contributed by atoms with E-state index in [0.717, 1.165) is 30.5 Å². The molecule has 1 atom stereocenters. The van der Waals surface area contributed by atoms with Crippen LogP contribution in [0.5, 0.6) is 5.75 Å². The van der Waals surface area contributed by atoms with Crippen LogP contribution in [-0.2, 0) is 6.54 Å². The summed E-state index contributed by atoms with van der Waals surface area (Å²) in [5.74, 6) is 1.01. The van der Waals surface area contributed by atoms with Crippen molar-refractivity contribution in [3.63, 3.8) is 0 Å². The minimum absolute atomic E-state index is 0.470. The monoisotopic (exact) mass is 330 g/mol. The number of aromatic amines is 1. The van der Waals surface area contributed by atoms with Gasteiger partial charge in [0.25, 0.3) is 0 Å². The molecule has 5 nitrogen and oxygen atoms in total. The number of likely N-dealkylation sites (tertiary alicyclic amines) is 1. The quantitative estimate of drug-likeness (QED) is 0.765. The number of nitrogens with one attached hydrogen (secondary N) is 2. The van der Waals surface area contributed by atoms with Crippen LogP contribution in [0.3, 0.4) is 0 Å². The molecule has 1 aliphatic carbocycles. The van der Waals surface area contributed by atoms with Crippen LogP contribution in [0.4, 0.5) is 0 Å². The van der Waals surface area contributed by atoms with Crippen LogP contribution >= 0.6 is 11.9 Å². The van der Waals surface area contributed by atoms with Crippen molar-refractivity contribution in [3.8, 4) is 5.75 Å². The Morgan fingerprint density at radius 2 is 2.13 bits per heavy atom. The van der Waals surface area contributed by atoms with Crippen molar-refractivity contribution in [3.05, 3.63) is 42.2 Å². The molecule has 2 heterocycles. The number of benzene rings is 1. The third-order valence-corrected chi connectivity index (χ3v) is 5.09. The Kier molecular flexibility index (Phi) is 4.55. The second-order valence-corrected chi connectivity index (χ2v) is 7.12. The standard InChI is InChI=1S/C17H22N4OS/c1-3-15(22-16-5-6-16)4-2-13(1)11-21-10-7-14(12-21)20-23-17-18-8-9-19-17/h1-4,8-9,14,16,20H,5-7,10-12H2,(H,18,19). The molecule has 0 amide bonds. The molecule has 1 aliphatic heterocycles. The molecule has 2 fully saturated rings. The molecule has 1 aromatic carbocycles. The number of hydrogen-bond donors (Lipinski definition) is 2. The molecular weight excluding hydrogens is 308 g/mol. The van der Waals surface area contributed by atoms with Gasteiger partial charge in [-0.15, -0.1) is 0 Å². The molecule has 6 heteroatoms. The Balaban J connectivity index is 1.23. The fourth-order valence-corrected chi connectivity index (χ4v) is 3.54. The second kappa shape index (κ2) is 6.95. The summed E-state index contributed by atoms with van der Waals surface area (Å²) in [4.78, 5) is 9.81. The van der Waals surface area contributed by atoms with E-state index in [9.17, 15) is 0 Å². The molecule has 23 heavy (non-hydrogen) atoms. The molecule has 0 spiro atoms. The highest BCUT2D eigenvalue weighted by Gasteiger charge is 2.24. The largest absolute Gasteiger partial charge is 0.490 e. The zero-order valence-corrected chi connectivity index (χ0v) is 13.9. The smallest absolute Gasteiger partial charge is 0.180 e. The summed E-state index contributed by atoms with van der Waals surface area (Å²) < 4.78 is 9.30. The van der Waals surface area contributed by atoms with Gasteiger partial charge in [-0.2, -0.15) is 0 Å². The third kappa shape index (κ3) is 4.28. The lowest BCUT2D eigenvalue weighted by Crippen LogP contribution is -2.28. The number of nitrogens with zero attached hydrogens (tertiary/aromatic N) is 2. The molecule has 0 bridgehead atoms. The average molecular weight is 330 g/mol. The van der Waals surface area contributed by atoms with E-state index in [1.54, 1.807) is 18.1 Å². The molecule has 1 unspecified atom stereocenters. The van der Waals surface area contributed by atoms with Crippen molar-refractivity contribution >= 4 is 11.9 Å². The van der Waals surface area contributed by atoms with E-state index in [-0.39, 0.29) is 0 Å². The van der Waals surface area contributed by atoms with Crippen molar-refractivity contribution in [1.82, 2.24) is 19.6 Å². The predicted molar refractivity (Wildman–Crippen MR) is 91.4 cm³/mol. The lowest BCUT2D eigenvalue weighted by atomic mass is 10.2. The van der Waals surface area contributed by atoms with Crippen molar-refractivity contribution in [2.45, 2.75) is 43.1 Å². The lowest BCUT2D eigenvalue weighted by molar-refractivity contribution is 0.302. The Bertz CT molecular complexity index is 612. The zero-order valence-electron chi connectivity index (χ0n) is 13.1. The highest BCUT2D eigenvalue weighted by Crippen LogP contribution is 2.27. The van der Waals surface area contributed by atoms with Crippen LogP contribution in [0.25, 0.3) is 0 Å². The van der Waals surface area contributed by atoms with E-state index in [4.69, 9.17) is 4.74 Å². The molecule has 122 valence electrons. The normalized spacial score (nSPS) is 21.7. The molecule has 2 aromatic rings. The molecular formula is C17H22N4OS. The number of aromatic nitrogens is 2. The van der Waals surface area contributed by atoms with Crippen LogP contribution in [0.1, 0.15) is 24.8 Å². The molecule has 2 aliphatic rings. The van der Waals surface area contributed by atoms with Crippen LogP contribution < -0.4 is 9.46 Å². The molecule has 1 saturated carbocycles. The van der Waals surface area contributed by atoms with E-state index >= 15 is 0 Å². The number of H-pyrrole nitrogens is 1. The van der Waals surface area contributed by atoms with Crippen molar-refractivity contribution in [2.24, 2.45) is 0 Å². The van der Waals surface area contributed by atoms with Crippen LogP contribution in [0.15, 0.2) is 41.8 Å². The van der Waals surface area contributed by atoms with Crippen molar-refractivity contribution in [2.75, 3.05) is 13.1 Å². The lowest BCUT2D eigenvalue weighted by Gasteiger charge is -2.16. The van der Waals surface area contributed by atoms with Crippen LogP contribution in [0.2, 0.25) is 0 Å². The second-order valence-electron chi connectivity index (χ2n) is 6.30. The Hall–Kier alpha value is -1.50. The van der Waals surface area contributed by atoms with Gasteiger partial charge in [-0.05, 0) is 48.9 Å². The molecule has 4 rings (SSSR count). The van der Waals surface area contributed by atoms with Crippen LogP contribution in [0, 0.1) is 0 Å². The van der Waals surface area contributed by atoms with Gasteiger partial charge in [-0.25, -0.2) is 4.98 Å². The molecule has 0 radical (unpaired) electrons. The Morgan fingerprint density at radius 3 is 2.87 bits per heavy atom. The first-order valence-electron chi connectivity index (χ1n) is 8.25. The van der Waals surface area contributed by atoms with E-state index < -0.39 is 0 Å². The summed E-state index contributed by atoms with van der Waals surface area (Å²) in [6, 6.07) is 9.10. The average Bonchev–Trinajstić information content (AvgIpc) is 3.05. The molecule has 1 aromatic heterocycles. The van der Waals surface area contributed by atoms with Gasteiger partial charge in [0, 0.05) is 38.1 Å². The van der Waals surface area contributed by atoms with E-state index in [0.29, 0.717) is 12.1 Å². The predicted octanol–water partition coefficient (Wildman–Crippen LogP) is 2.82. The summed E-state index contributed by atoms with van der Waals surface area (Å²) in [6.07, 6.45) is 7.69. The van der Waals surface area contributed by atoms with Crippen LogP contribution in [-0.4, -0.2) is 40.1 Å². The van der Waals surface area contributed by atoms with Crippen molar-refractivity contribution in [1.29, 1.82) is 0 Å². The van der Waals surface area contributed by atoms with Gasteiger partial charge in [0.1, 0.15) is 5.75 Å². The summed E-state index contributed by atoms with van der Waals surface area (Å²) in [5, 5.41) is 0.926. The topological polar surface area (TPSA) is 53.2 Å². The summed E-state index contributed by atoms with van der Waals surface area (Å²) in [5.41, 5.74) is 1.35.